The number of unbranched alkanes of at least 4 members (excludes halogenated alkanes) is 10. The van der Waals surface area contributed by atoms with Crippen molar-refractivity contribution in [3.05, 3.63) is 0 Å². The van der Waals surface area contributed by atoms with Crippen LogP contribution in [0.25, 0.3) is 0 Å². The van der Waals surface area contributed by atoms with Crippen LogP contribution in [0.5, 0.6) is 0 Å². The van der Waals surface area contributed by atoms with Crippen molar-refractivity contribution < 1.29 is 18.9 Å². The van der Waals surface area contributed by atoms with Gasteiger partial charge in [0.2, 0.25) is 0 Å². The zero-order valence-corrected chi connectivity index (χ0v) is 19.3. The average molecular weight is 486 g/mol. The Bertz CT molecular complexity index is 218. The lowest BCUT2D eigenvalue weighted by Crippen LogP contribution is -2.12. The van der Waals surface area contributed by atoms with E-state index in [1.54, 1.807) is 0 Å². The van der Waals surface area contributed by atoms with Crippen molar-refractivity contribution >= 4 is 22.6 Å². The fourth-order valence-corrected chi connectivity index (χ4v) is 3.00. The Kier molecular flexibility index (Phi) is 26.1. The summed E-state index contributed by atoms with van der Waals surface area (Å²) in [7, 11) is 0. The second kappa shape index (κ2) is 25.6. The van der Waals surface area contributed by atoms with Gasteiger partial charge in [0.1, 0.15) is 0 Å². The van der Waals surface area contributed by atoms with Gasteiger partial charge in [-0.05, 0) is 6.42 Å². The van der Waals surface area contributed by atoms with Gasteiger partial charge in [-0.2, -0.15) is 0 Å². The minimum Gasteiger partial charge on any atom is -0.379 e. The molecule has 0 saturated carbocycles. The Morgan fingerprint density at radius 2 is 0.769 bits per heavy atom. The highest BCUT2D eigenvalue weighted by Gasteiger charge is 1.95. The van der Waals surface area contributed by atoms with Gasteiger partial charge in [0.25, 0.3) is 0 Å². The zero-order chi connectivity index (χ0) is 19.0. The third-order valence-electron chi connectivity index (χ3n) is 4.23. The largest absolute Gasteiger partial charge is 0.379 e. The van der Waals surface area contributed by atoms with Crippen LogP contribution in [0.15, 0.2) is 0 Å². The van der Waals surface area contributed by atoms with E-state index >= 15 is 0 Å². The smallest absolute Gasteiger partial charge is 0.0701 e. The summed E-state index contributed by atoms with van der Waals surface area (Å²) in [6.07, 6.45) is 15.1. The van der Waals surface area contributed by atoms with E-state index in [1.807, 2.05) is 0 Å². The maximum absolute atomic E-state index is 5.60. The highest BCUT2D eigenvalue weighted by Crippen LogP contribution is 2.11. The molecule has 26 heavy (non-hydrogen) atoms. The molecule has 0 amide bonds. The minimum atomic E-state index is 0.631. The highest BCUT2D eigenvalue weighted by molar-refractivity contribution is 14.1. The molecular formula is C21H43IO4. The van der Waals surface area contributed by atoms with E-state index in [-0.39, 0.29) is 0 Å². The molecule has 0 aliphatic carbocycles. The molecule has 0 N–H and O–H groups in total. The average Bonchev–Trinajstić information content (AvgIpc) is 2.66. The lowest BCUT2D eigenvalue weighted by Gasteiger charge is -2.07. The van der Waals surface area contributed by atoms with E-state index in [1.165, 1.54) is 70.6 Å². The Morgan fingerprint density at radius 3 is 1.19 bits per heavy atom. The summed E-state index contributed by atoms with van der Waals surface area (Å²) in [6, 6.07) is 0. The van der Waals surface area contributed by atoms with Gasteiger partial charge in [-0.25, -0.2) is 0 Å². The number of rotatable bonds is 23. The van der Waals surface area contributed by atoms with Gasteiger partial charge >= 0.3 is 0 Å². The topological polar surface area (TPSA) is 36.9 Å². The van der Waals surface area contributed by atoms with E-state index in [9.17, 15) is 0 Å². The molecule has 0 spiro atoms. The van der Waals surface area contributed by atoms with Crippen LogP contribution in [-0.4, -0.2) is 57.3 Å². The molecule has 0 rings (SSSR count). The predicted octanol–water partition coefficient (Wildman–Crippen LogP) is 5.80. The van der Waals surface area contributed by atoms with Gasteiger partial charge in [-0.15, -0.1) is 0 Å². The lowest BCUT2D eigenvalue weighted by molar-refractivity contribution is -0.000458. The predicted molar refractivity (Wildman–Crippen MR) is 119 cm³/mol. The summed E-state index contributed by atoms with van der Waals surface area (Å²) < 4.78 is 22.8. The summed E-state index contributed by atoms with van der Waals surface area (Å²) >= 11 is 2.30. The molecular weight excluding hydrogens is 443 g/mol. The quantitative estimate of drug-likeness (QED) is 0.104. The van der Waals surface area contributed by atoms with Crippen LogP contribution >= 0.6 is 22.6 Å². The van der Waals surface area contributed by atoms with Crippen molar-refractivity contribution in [3.63, 3.8) is 0 Å². The molecule has 0 heterocycles. The van der Waals surface area contributed by atoms with E-state index in [0.29, 0.717) is 39.6 Å². The monoisotopic (exact) mass is 486 g/mol. The van der Waals surface area contributed by atoms with Crippen LogP contribution in [0.2, 0.25) is 0 Å². The summed E-state index contributed by atoms with van der Waals surface area (Å²) in [5, 5.41) is 0. The van der Waals surface area contributed by atoms with Crippen LogP contribution < -0.4 is 0 Å². The molecule has 0 saturated heterocycles. The molecule has 0 aromatic heterocycles. The molecule has 0 atom stereocenters. The normalized spacial score (nSPS) is 11.3. The third-order valence-corrected chi connectivity index (χ3v) is 4.67. The number of hydrogen-bond donors (Lipinski definition) is 0. The van der Waals surface area contributed by atoms with E-state index in [4.69, 9.17) is 18.9 Å². The summed E-state index contributed by atoms with van der Waals surface area (Å²) in [5.74, 6) is 0. The van der Waals surface area contributed by atoms with Crippen LogP contribution in [-0.2, 0) is 18.9 Å². The first-order chi connectivity index (χ1) is 12.9. The van der Waals surface area contributed by atoms with Crippen molar-refractivity contribution in [1.29, 1.82) is 0 Å². The molecule has 5 heteroatoms. The molecule has 0 fully saturated rings. The highest BCUT2D eigenvalue weighted by atomic mass is 127. The Labute approximate surface area is 176 Å². The molecule has 0 unspecified atom stereocenters. The van der Waals surface area contributed by atoms with Crippen molar-refractivity contribution in [1.82, 2.24) is 0 Å². The van der Waals surface area contributed by atoms with Crippen molar-refractivity contribution in [2.45, 2.75) is 77.6 Å². The van der Waals surface area contributed by atoms with Crippen LogP contribution in [0.4, 0.5) is 0 Å². The molecule has 0 aromatic rings. The molecule has 4 nitrogen and oxygen atoms in total. The van der Waals surface area contributed by atoms with Crippen molar-refractivity contribution in [2.75, 3.05) is 57.3 Å². The molecule has 0 aromatic carbocycles. The second-order valence-corrected chi connectivity index (χ2v) is 7.75. The number of ether oxygens (including phenoxy) is 4. The van der Waals surface area contributed by atoms with Gasteiger partial charge in [0, 0.05) is 11.0 Å². The van der Waals surface area contributed by atoms with Gasteiger partial charge < -0.3 is 18.9 Å². The first-order valence-electron chi connectivity index (χ1n) is 10.8. The van der Waals surface area contributed by atoms with Gasteiger partial charge in [0.15, 0.2) is 0 Å². The fraction of sp³-hybridized carbons (Fsp3) is 1.00. The van der Waals surface area contributed by atoms with E-state index in [0.717, 1.165) is 17.6 Å². The van der Waals surface area contributed by atoms with Crippen LogP contribution in [0.1, 0.15) is 77.6 Å². The lowest BCUT2D eigenvalue weighted by atomic mass is 10.1. The first kappa shape index (κ1) is 26.6. The Balaban J connectivity index is 2.95. The second-order valence-electron chi connectivity index (χ2n) is 6.67. The van der Waals surface area contributed by atoms with Crippen LogP contribution in [0.3, 0.4) is 0 Å². The minimum absolute atomic E-state index is 0.631. The summed E-state index contributed by atoms with van der Waals surface area (Å²) in [4.78, 5) is 0. The van der Waals surface area contributed by atoms with Crippen molar-refractivity contribution in [2.24, 2.45) is 0 Å². The Hall–Kier alpha value is 0.570. The number of halogens is 1. The van der Waals surface area contributed by atoms with Gasteiger partial charge in [0.05, 0.1) is 46.2 Å². The summed E-state index contributed by atoms with van der Waals surface area (Å²) in [5.41, 5.74) is 0. The summed E-state index contributed by atoms with van der Waals surface area (Å²) in [6.45, 7) is 7.88. The standard InChI is InChI=1S/C21H43IO4/c1-2-3-4-5-6-7-8-9-10-11-12-14-23-16-18-25-20-21-26-19-17-24-15-13-22/h2-21H2,1H3. The van der Waals surface area contributed by atoms with Gasteiger partial charge in [-0.3, -0.25) is 0 Å². The molecule has 0 aliphatic heterocycles. The number of alkyl halides is 1. The molecule has 0 bridgehead atoms. The third kappa shape index (κ3) is 24.6. The number of hydrogen-bond acceptors (Lipinski definition) is 4. The zero-order valence-electron chi connectivity index (χ0n) is 17.2. The maximum atomic E-state index is 5.60. The molecule has 158 valence electrons. The first-order valence-corrected chi connectivity index (χ1v) is 12.3. The fourth-order valence-electron chi connectivity index (χ4n) is 2.68. The molecule has 0 aliphatic rings. The SMILES string of the molecule is CCCCCCCCCCCCCOCCOCCOCCOCCI. The van der Waals surface area contributed by atoms with Crippen LogP contribution in [0, 0.1) is 0 Å². The van der Waals surface area contributed by atoms with E-state index < -0.39 is 0 Å². The molecule has 0 radical (unpaired) electrons. The Morgan fingerprint density at radius 1 is 0.423 bits per heavy atom. The van der Waals surface area contributed by atoms with Gasteiger partial charge in [-0.1, -0.05) is 93.7 Å². The van der Waals surface area contributed by atoms with Crippen molar-refractivity contribution in [3.8, 4) is 0 Å². The maximum Gasteiger partial charge on any atom is 0.0701 e. The van der Waals surface area contributed by atoms with E-state index in [2.05, 4.69) is 29.5 Å².